The summed E-state index contributed by atoms with van der Waals surface area (Å²) >= 11 is 1.43. The SMILES string of the molecule is CCSC1=C(c2ccc(C)cc2C)C(=O)N(c2ccccc2)C1=O. The average molecular weight is 337 g/mol. The van der Waals surface area contributed by atoms with Gasteiger partial charge in [-0.1, -0.05) is 48.9 Å². The van der Waals surface area contributed by atoms with E-state index in [9.17, 15) is 9.59 Å². The molecule has 0 aromatic heterocycles. The molecular weight excluding hydrogens is 318 g/mol. The fourth-order valence-corrected chi connectivity index (χ4v) is 3.78. The lowest BCUT2D eigenvalue weighted by molar-refractivity contribution is -0.119. The predicted octanol–water partition coefficient (Wildman–Crippen LogP) is 4.34. The van der Waals surface area contributed by atoms with E-state index in [0.29, 0.717) is 16.2 Å². The molecule has 2 amide bonds. The summed E-state index contributed by atoms with van der Waals surface area (Å²) in [6.07, 6.45) is 0. The van der Waals surface area contributed by atoms with Crippen LogP contribution in [0.5, 0.6) is 0 Å². The largest absolute Gasteiger partial charge is 0.272 e. The first kappa shape index (κ1) is 16.5. The minimum absolute atomic E-state index is 0.229. The summed E-state index contributed by atoms with van der Waals surface area (Å²) in [6, 6.07) is 15.1. The number of rotatable bonds is 4. The number of hydrogen-bond donors (Lipinski definition) is 0. The second-order valence-electron chi connectivity index (χ2n) is 5.74. The third kappa shape index (κ3) is 2.78. The second-order valence-corrected chi connectivity index (χ2v) is 7.01. The molecule has 0 aliphatic carbocycles. The van der Waals surface area contributed by atoms with Crippen LogP contribution in [0, 0.1) is 13.8 Å². The zero-order valence-corrected chi connectivity index (χ0v) is 14.8. The normalized spacial score (nSPS) is 14.7. The molecule has 0 saturated carbocycles. The summed E-state index contributed by atoms with van der Waals surface area (Å²) in [5.74, 6) is 0.271. The van der Waals surface area contributed by atoms with Crippen molar-refractivity contribution in [1.82, 2.24) is 0 Å². The van der Waals surface area contributed by atoms with E-state index >= 15 is 0 Å². The van der Waals surface area contributed by atoms with Gasteiger partial charge < -0.3 is 0 Å². The summed E-state index contributed by atoms with van der Waals surface area (Å²) in [5.41, 5.74) is 4.12. The van der Waals surface area contributed by atoms with Crippen molar-refractivity contribution in [3.8, 4) is 0 Å². The predicted molar refractivity (Wildman–Crippen MR) is 99.9 cm³/mol. The van der Waals surface area contributed by atoms with Crippen LogP contribution in [0.15, 0.2) is 53.4 Å². The summed E-state index contributed by atoms with van der Waals surface area (Å²) in [6.45, 7) is 5.98. The second kappa shape index (κ2) is 6.65. The Morgan fingerprint density at radius 2 is 1.67 bits per heavy atom. The summed E-state index contributed by atoms with van der Waals surface area (Å²) < 4.78 is 0. The minimum Gasteiger partial charge on any atom is -0.268 e. The van der Waals surface area contributed by atoms with Crippen molar-refractivity contribution in [3.05, 3.63) is 70.1 Å². The van der Waals surface area contributed by atoms with Crippen LogP contribution in [-0.2, 0) is 9.59 Å². The highest BCUT2D eigenvalue weighted by molar-refractivity contribution is 8.04. The highest BCUT2D eigenvalue weighted by Crippen LogP contribution is 2.39. The van der Waals surface area contributed by atoms with E-state index in [4.69, 9.17) is 0 Å². The average Bonchev–Trinajstić information content (AvgIpc) is 2.80. The van der Waals surface area contributed by atoms with E-state index in [1.165, 1.54) is 16.7 Å². The van der Waals surface area contributed by atoms with E-state index in [1.807, 2.05) is 57.2 Å². The highest BCUT2D eigenvalue weighted by Gasteiger charge is 2.40. The number of benzene rings is 2. The van der Waals surface area contributed by atoms with Gasteiger partial charge in [0.25, 0.3) is 11.8 Å². The Hall–Kier alpha value is -2.33. The number of nitrogens with zero attached hydrogens (tertiary/aromatic N) is 1. The van der Waals surface area contributed by atoms with E-state index in [0.717, 1.165) is 22.4 Å². The van der Waals surface area contributed by atoms with Crippen molar-refractivity contribution in [1.29, 1.82) is 0 Å². The fourth-order valence-electron chi connectivity index (χ4n) is 2.93. The molecule has 122 valence electrons. The van der Waals surface area contributed by atoms with Crippen molar-refractivity contribution in [2.24, 2.45) is 0 Å². The van der Waals surface area contributed by atoms with Gasteiger partial charge in [-0.05, 0) is 42.9 Å². The summed E-state index contributed by atoms with van der Waals surface area (Å²) in [4.78, 5) is 27.8. The first-order valence-corrected chi connectivity index (χ1v) is 8.91. The highest BCUT2D eigenvalue weighted by atomic mass is 32.2. The van der Waals surface area contributed by atoms with Crippen LogP contribution in [0.4, 0.5) is 5.69 Å². The Morgan fingerprint density at radius 3 is 2.29 bits per heavy atom. The van der Waals surface area contributed by atoms with Crippen LogP contribution in [0.3, 0.4) is 0 Å². The first-order valence-electron chi connectivity index (χ1n) is 7.93. The molecule has 3 rings (SSSR count). The van der Waals surface area contributed by atoms with E-state index < -0.39 is 0 Å². The molecule has 1 aliphatic rings. The zero-order valence-electron chi connectivity index (χ0n) is 14.0. The molecule has 24 heavy (non-hydrogen) atoms. The number of anilines is 1. The third-order valence-electron chi connectivity index (χ3n) is 4.00. The van der Waals surface area contributed by atoms with Crippen molar-refractivity contribution in [2.45, 2.75) is 20.8 Å². The van der Waals surface area contributed by atoms with Gasteiger partial charge in [0.2, 0.25) is 0 Å². The lowest BCUT2D eigenvalue weighted by Gasteiger charge is -2.15. The van der Waals surface area contributed by atoms with Gasteiger partial charge >= 0.3 is 0 Å². The Labute approximate surface area is 146 Å². The third-order valence-corrected chi connectivity index (χ3v) is 4.95. The van der Waals surface area contributed by atoms with Crippen LogP contribution >= 0.6 is 11.8 Å². The number of para-hydroxylation sites is 1. The van der Waals surface area contributed by atoms with Crippen LogP contribution < -0.4 is 4.90 Å². The number of imide groups is 1. The van der Waals surface area contributed by atoms with Crippen LogP contribution in [0.25, 0.3) is 5.57 Å². The number of carbonyl (C=O) groups excluding carboxylic acids is 2. The van der Waals surface area contributed by atoms with Gasteiger partial charge in [-0.3, -0.25) is 9.59 Å². The summed E-state index contributed by atoms with van der Waals surface area (Å²) in [7, 11) is 0. The minimum atomic E-state index is -0.242. The Kier molecular flexibility index (Phi) is 4.58. The molecule has 2 aromatic rings. The topological polar surface area (TPSA) is 37.4 Å². The molecule has 3 nitrogen and oxygen atoms in total. The molecule has 2 aromatic carbocycles. The maximum atomic E-state index is 13.1. The molecule has 0 bridgehead atoms. The molecule has 0 unspecified atom stereocenters. The van der Waals surface area contributed by atoms with E-state index in [-0.39, 0.29) is 11.8 Å². The van der Waals surface area contributed by atoms with Crippen LogP contribution in [0.1, 0.15) is 23.6 Å². The number of amides is 2. The molecule has 1 heterocycles. The maximum Gasteiger partial charge on any atom is 0.272 e. The molecular formula is C20H19NO2S. The van der Waals surface area contributed by atoms with Gasteiger partial charge in [-0.25, -0.2) is 4.90 Å². The quantitative estimate of drug-likeness (QED) is 0.779. The Balaban J connectivity index is 2.14. The van der Waals surface area contributed by atoms with Crippen molar-refractivity contribution < 1.29 is 9.59 Å². The molecule has 0 N–H and O–H groups in total. The molecule has 0 radical (unpaired) electrons. The number of thioether (sulfide) groups is 1. The molecule has 0 fully saturated rings. The van der Waals surface area contributed by atoms with Crippen LogP contribution in [-0.4, -0.2) is 17.6 Å². The lowest BCUT2D eigenvalue weighted by atomic mass is 9.99. The van der Waals surface area contributed by atoms with Gasteiger partial charge in [-0.2, -0.15) is 0 Å². The Morgan fingerprint density at radius 1 is 0.958 bits per heavy atom. The summed E-state index contributed by atoms with van der Waals surface area (Å²) in [5, 5.41) is 0. The molecule has 0 saturated heterocycles. The molecule has 0 spiro atoms. The van der Waals surface area contributed by atoms with E-state index in [1.54, 1.807) is 12.1 Å². The number of hydrogen-bond acceptors (Lipinski definition) is 3. The number of aryl methyl sites for hydroxylation is 2. The smallest absolute Gasteiger partial charge is 0.268 e. The molecule has 1 aliphatic heterocycles. The van der Waals surface area contributed by atoms with Crippen molar-refractivity contribution in [2.75, 3.05) is 10.7 Å². The van der Waals surface area contributed by atoms with Gasteiger partial charge in [0, 0.05) is 0 Å². The maximum absolute atomic E-state index is 13.1. The van der Waals surface area contributed by atoms with Crippen molar-refractivity contribution in [3.63, 3.8) is 0 Å². The van der Waals surface area contributed by atoms with Gasteiger partial charge in [0.05, 0.1) is 16.2 Å². The van der Waals surface area contributed by atoms with Gasteiger partial charge in [-0.15, -0.1) is 11.8 Å². The monoisotopic (exact) mass is 337 g/mol. The Bertz CT molecular complexity index is 840. The van der Waals surface area contributed by atoms with Crippen molar-refractivity contribution >= 4 is 34.8 Å². The first-order chi connectivity index (χ1) is 11.5. The fraction of sp³-hybridized carbons (Fsp3) is 0.200. The lowest BCUT2D eigenvalue weighted by Crippen LogP contribution is -2.31. The number of carbonyl (C=O) groups is 2. The standard InChI is InChI=1S/C20H19NO2S/c1-4-24-18-17(16-11-10-13(2)12-14(16)3)19(22)21(20(18)23)15-8-6-5-7-9-15/h5-12H,4H2,1-3H3. The molecule has 4 heteroatoms. The zero-order chi connectivity index (χ0) is 17.3. The van der Waals surface area contributed by atoms with Crippen LogP contribution in [0.2, 0.25) is 0 Å². The van der Waals surface area contributed by atoms with E-state index in [2.05, 4.69) is 0 Å². The van der Waals surface area contributed by atoms with Gasteiger partial charge in [0.15, 0.2) is 0 Å². The van der Waals surface area contributed by atoms with Gasteiger partial charge in [0.1, 0.15) is 0 Å². The molecule has 0 atom stereocenters.